The number of carbonyl (C=O) groups excluding carboxylic acids is 1. The quantitative estimate of drug-likeness (QED) is 0.562. The number of benzene rings is 1. The first-order valence-corrected chi connectivity index (χ1v) is 8.34. The zero-order valence-electron chi connectivity index (χ0n) is 13.0. The molecule has 3 rings (SSSR count). The molecule has 0 atom stereocenters. The number of rotatable bonds is 4. The lowest BCUT2D eigenvalue weighted by atomic mass is 10.1. The van der Waals surface area contributed by atoms with E-state index in [1.807, 2.05) is 19.1 Å². The molecule has 0 fully saturated rings. The summed E-state index contributed by atoms with van der Waals surface area (Å²) in [5.74, 6) is 0.584. The van der Waals surface area contributed by atoms with E-state index in [4.69, 9.17) is 17.3 Å². The summed E-state index contributed by atoms with van der Waals surface area (Å²) in [6.07, 6.45) is 0. The molecule has 1 aromatic carbocycles. The van der Waals surface area contributed by atoms with Crippen molar-refractivity contribution in [3.05, 3.63) is 35.0 Å². The van der Waals surface area contributed by atoms with Gasteiger partial charge in [-0.15, -0.1) is 5.10 Å². The third-order valence-electron chi connectivity index (χ3n) is 3.36. The SMILES string of the molecule is COC(=O)CSc1nc2nc(C)c(-c3ccc(Cl)cc3)c(N)n2n1. The van der Waals surface area contributed by atoms with Crippen LogP contribution in [0.2, 0.25) is 5.02 Å². The molecule has 2 aromatic heterocycles. The van der Waals surface area contributed by atoms with Crippen LogP contribution < -0.4 is 5.73 Å². The first-order chi connectivity index (χ1) is 11.5. The molecule has 7 nitrogen and oxygen atoms in total. The second-order valence-corrected chi connectivity index (χ2v) is 6.31. The van der Waals surface area contributed by atoms with Crippen molar-refractivity contribution < 1.29 is 9.53 Å². The van der Waals surface area contributed by atoms with Gasteiger partial charge in [0.2, 0.25) is 5.16 Å². The standard InChI is InChI=1S/C15H14ClN5O2S/c1-8-12(9-3-5-10(16)6-4-9)13(17)21-14(18-8)19-15(20-21)24-7-11(22)23-2/h3-6H,7,17H2,1-2H3. The topological polar surface area (TPSA) is 95.4 Å². The number of hydrogen-bond acceptors (Lipinski definition) is 7. The van der Waals surface area contributed by atoms with Gasteiger partial charge in [-0.3, -0.25) is 4.79 Å². The fourth-order valence-electron chi connectivity index (χ4n) is 2.23. The van der Waals surface area contributed by atoms with Crippen LogP contribution in [0, 0.1) is 6.92 Å². The molecule has 124 valence electrons. The molecule has 3 aromatic rings. The van der Waals surface area contributed by atoms with E-state index in [2.05, 4.69) is 19.8 Å². The van der Waals surface area contributed by atoms with Gasteiger partial charge in [0.15, 0.2) is 0 Å². The molecule has 0 spiro atoms. The minimum atomic E-state index is -0.349. The Morgan fingerprint density at radius 3 is 2.71 bits per heavy atom. The third kappa shape index (κ3) is 3.15. The van der Waals surface area contributed by atoms with Gasteiger partial charge >= 0.3 is 5.97 Å². The van der Waals surface area contributed by atoms with E-state index in [-0.39, 0.29) is 11.7 Å². The van der Waals surface area contributed by atoms with E-state index in [9.17, 15) is 4.79 Å². The highest BCUT2D eigenvalue weighted by molar-refractivity contribution is 7.99. The van der Waals surface area contributed by atoms with Crippen LogP contribution in [0.15, 0.2) is 29.4 Å². The number of ether oxygens (including phenoxy) is 1. The molecular formula is C15H14ClN5O2S. The number of fused-ring (bicyclic) bond motifs is 1. The molecule has 0 saturated heterocycles. The van der Waals surface area contributed by atoms with Gasteiger partial charge in [-0.2, -0.15) is 9.50 Å². The lowest BCUT2D eigenvalue weighted by molar-refractivity contribution is -0.137. The van der Waals surface area contributed by atoms with Gasteiger partial charge in [0, 0.05) is 10.6 Å². The monoisotopic (exact) mass is 363 g/mol. The average molecular weight is 364 g/mol. The van der Waals surface area contributed by atoms with Crippen molar-refractivity contribution in [1.82, 2.24) is 19.6 Å². The number of esters is 1. The fourth-order valence-corrected chi connectivity index (χ4v) is 3.01. The number of nitrogens with two attached hydrogens (primary N) is 1. The summed E-state index contributed by atoms with van der Waals surface area (Å²) in [5.41, 5.74) is 8.67. The normalized spacial score (nSPS) is 11.0. The molecule has 0 saturated carbocycles. The van der Waals surface area contributed by atoms with E-state index >= 15 is 0 Å². The highest BCUT2D eigenvalue weighted by Gasteiger charge is 2.16. The highest BCUT2D eigenvalue weighted by Crippen LogP contribution is 2.30. The van der Waals surface area contributed by atoms with Gasteiger partial charge in [0.1, 0.15) is 5.82 Å². The second kappa shape index (κ2) is 6.66. The number of thioether (sulfide) groups is 1. The van der Waals surface area contributed by atoms with Crippen molar-refractivity contribution in [3.8, 4) is 11.1 Å². The lowest BCUT2D eigenvalue weighted by Gasteiger charge is -2.10. The van der Waals surface area contributed by atoms with Crippen LogP contribution in [0.4, 0.5) is 5.82 Å². The average Bonchev–Trinajstić information content (AvgIpc) is 2.97. The molecule has 0 aliphatic heterocycles. The van der Waals surface area contributed by atoms with Crippen molar-refractivity contribution >= 4 is 40.9 Å². The van der Waals surface area contributed by atoms with Gasteiger partial charge in [-0.1, -0.05) is 35.5 Å². The Hall–Kier alpha value is -2.32. The number of aryl methyl sites for hydroxylation is 1. The minimum absolute atomic E-state index is 0.121. The molecule has 9 heteroatoms. The summed E-state index contributed by atoms with van der Waals surface area (Å²) < 4.78 is 6.07. The number of methoxy groups -OCH3 is 1. The Labute approximate surface area is 147 Å². The molecule has 0 amide bonds. The molecular weight excluding hydrogens is 350 g/mol. The number of anilines is 1. The maximum absolute atomic E-state index is 11.2. The van der Waals surface area contributed by atoms with Gasteiger partial charge in [0.25, 0.3) is 5.78 Å². The molecule has 24 heavy (non-hydrogen) atoms. The van der Waals surface area contributed by atoms with Crippen molar-refractivity contribution in [2.45, 2.75) is 12.1 Å². The van der Waals surface area contributed by atoms with E-state index < -0.39 is 0 Å². The first-order valence-electron chi connectivity index (χ1n) is 6.98. The smallest absolute Gasteiger partial charge is 0.316 e. The third-order valence-corrected chi connectivity index (χ3v) is 4.43. The largest absolute Gasteiger partial charge is 0.468 e. The molecule has 2 N–H and O–H groups in total. The Morgan fingerprint density at radius 1 is 1.33 bits per heavy atom. The van der Waals surface area contributed by atoms with Crippen LogP contribution in [-0.2, 0) is 9.53 Å². The van der Waals surface area contributed by atoms with E-state index in [0.29, 0.717) is 21.8 Å². The molecule has 0 unspecified atom stereocenters. The summed E-state index contributed by atoms with van der Waals surface area (Å²) >= 11 is 7.10. The van der Waals surface area contributed by atoms with Crippen LogP contribution in [0.3, 0.4) is 0 Å². The Kier molecular flexibility index (Phi) is 4.59. The number of carbonyl (C=O) groups is 1. The summed E-state index contributed by atoms with van der Waals surface area (Å²) in [6, 6.07) is 7.33. The molecule has 2 heterocycles. The maximum atomic E-state index is 11.2. The number of halogens is 1. The summed E-state index contributed by atoms with van der Waals surface area (Å²) in [6.45, 7) is 1.86. The van der Waals surface area contributed by atoms with Crippen molar-refractivity contribution in [3.63, 3.8) is 0 Å². The first kappa shape index (κ1) is 16.5. The molecule has 0 radical (unpaired) electrons. The van der Waals surface area contributed by atoms with Crippen LogP contribution in [0.1, 0.15) is 5.69 Å². The number of aromatic nitrogens is 4. The van der Waals surface area contributed by atoms with Crippen LogP contribution in [0.5, 0.6) is 0 Å². The number of nitrogen functional groups attached to an aromatic ring is 1. The van der Waals surface area contributed by atoms with Crippen molar-refractivity contribution in [2.24, 2.45) is 0 Å². The lowest BCUT2D eigenvalue weighted by Crippen LogP contribution is -2.05. The summed E-state index contributed by atoms with van der Waals surface area (Å²) in [5, 5.41) is 5.36. The second-order valence-electron chi connectivity index (χ2n) is 4.94. The zero-order valence-corrected chi connectivity index (χ0v) is 14.6. The van der Waals surface area contributed by atoms with Crippen LogP contribution in [-0.4, -0.2) is 38.4 Å². The van der Waals surface area contributed by atoms with Gasteiger partial charge in [-0.25, -0.2) is 4.98 Å². The van der Waals surface area contributed by atoms with Crippen LogP contribution >= 0.6 is 23.4 Å². The zero-order chi connectivity index (χ0) is 17.3. The Bertz CT molecular complexity index is 910. The predicted molar refractivity (Wildman–Crippen MR) is 93.1 cm³/mol. The van der Waals surface area contributed by atoms with Crippen LogP contribution in [0.25, 0.3) is 16.9 Å². The van der Waals surface area contributed by atoms with Crippen molar-refractivity contribution in [2.75, 3.05) is 18.6 Å². The maximum Gasteiger partial charge on any atom is 0.316 e. The van der Waals surface area contributed by atoms with Gasteiger partial charge in [-0.05, 0) is 24.6 Å². The van der Waals surface area contributed by atoms with Gasteiger partial charge in [0.05, 0.1) is 18.6 Å². The minimum Gasteiger partial charge on any atom is -0.468 e. The summed E-state index contributed by atoms with van der Waals surface area (Å²) in [7, 11) is 1.33. The fraction of sp³-hybridized carbons (Fsp3) is 0.200. The molecule has 0 bridgehead atoms. The van der Waals surface area contributed by atoms with Crippen molar-refractivity contribution in [1.29, 1.82) is 0 Å². The van der Waals surface area contributed by atoms with Gasteiger partial charge < -0.3 is 10.5 Å². The predicted octanol–water partition coefficient (Wildman–Crippen LogP) is 2.60. The Balaban J connectivity index is 2.03. The van der Waals surface area contributed by atoms with E-state index in [1.165, 1.54) is 23.4 Å². The summed E-state index contributed by atoms with van der Waals surface area (Å²) in [4.78, 5) is 20.0. The number of hydrogen-bond donors (Lipinski definition) is 1. The van der Waals surface area contributed by atoms with E-state index in [0.717, 1.165) is 16.8 Å². The highest BCUT2D eigenvalue weighted by atomic mass is 35.5. The Morgan fingerprint density at radius 2 is 2.04 bits per heavy atom. The van der Waals surface area contributed by atoms with E-state index in [1.54, 1.807) is 12.1 Å². The number of nitrogens with zero attached hydrogens (tertiary/aromatic N) is 4. The molecule has 0 aliphatic carbocycles. The molecule has 0 aliphatic rings.